The molecule has 100 valence electrons. The fourth-order valence-electron chi connectivity index (χ4n) is 1.64. The molecule has 4 atom stereocenters. The van der Waals surface area contributed by atoms with E-state index in [-0.39, 0.29) is 12.0 Å². The summed E-state index contributed by atoms with van der Waals surface area (Å²) in [6, 6.07) is 0. The molecule has 5 N–H and O–H groups in total. The van der Waals surface area contributed by atoms with E-state index in [9.17, 15) is 10.2 Å². The van der Waals surface area contributed by atoms with E-state index in [0.717, 1.165) is 11.7 Å². The van der Waals surface area contributed by atoms with Crippen molar-refractivity contribution in [3.63, 3.8) is 0 Å². The van der Waals surface area contributed by atoms with Gasteiger partial charge in [-0.2, -0.15) is 0 Å². The minimum atomic E-state index is -0.905. The highest BCUT2D eigenvalue weighted by Crippen LogP contribution is 2.27. The second-order valence-corrected chi connectivity index (χ2v) is 4.96. The molecule has 0 bridgehead atoms. The van der Waals surface area contributed by atoms with E-state index >= 15 is 0 Å². The standard InChI is InChI=1S/C10H21N3O3S/c1-3-13-10(12-2)17-8-4-6(14)9(15)7(5-11)16-8/h6-9,14-15H,3-5,11H2,1-2H3,(H,12,13). The Morgan fingerprint density at radius 1 is 1.59 bits per heavy atom. The molecule has 4 unspecified atom stereocenters. The van der Waals surface area contributed by atoms with E-state index in [4.69, 9.17) is 10.5 Å². The van der Waals surface area contributed by atoms with Crippen molar-refractivity contribution in [1.82, 2.24) is 5.32 Å². The number of aliphatic hydroxyl groups is 2. The van der Waals surface area contributed by atoms with Crippen molar-refractivity contribution in [2.75, 3.05) is 20.1 Å². The average molecular weight is 263 g/mol. The molecule has 6 nitrogen and oxygen atoms in total. The summed E-state index contributed by atoms with van der Waals surface area (Å²) < 4.78 is 5.60. The Morgan fingerprint density at radius 2 is 2.29 bits per heavy atom. The number of thioether (sulfide) groups is 1. The molecule has 1 saturated heterocycles. The largest absolute Gasteiger partial charge is 0.390 e. The summed E-state index contributed by atoms with van der Waals surface area (Å²) in [4.78, 5) is 4.08. The molecule has 0 aromatic rings. The van der Waals surface area contributed by atoms with Gasteiger partial charge in [-0.25, -0.2) is 0 Å². The third-order valence-electron chi connectivity index (χ3n) is 2.54. The van der Waals surface area contributed by atoms with Gasteiger partial charge in [0.1, 0.15) is 11.5 Å². The lowest BCUT2D eigenvalue weighted by atomic mass is 10.0. The lowest BCUT2D eigenvalue weighted by Crippen LogP contribution is -2.50. The van der Waals surface area contributed by atoms with Crippen LogP contribution in [0.5, 0.6) is 0 Å². The smallest absolute Gasteiger partial charge is 0.158 e. The zero-order valence-electron chi connectivity index (χ0n) is 10.2. The Hall–Kier alpha value is -0.340. The first kappa shape index (κ1) is 14.7. The summed E-state index contributed by atoms with van der Waals surface area (Å²) >= 11 is 1.41. The van der Waals surface area contributed by atoms with Crippen molar-refractivity contribution in [1.29, 1.82) is 0 Å². The average Bonchev–Trinajstić information content (AvgIpc) is 2.32. The van der Waals surface area contributed by atoms with Crippen molar-refractivity contribution in [2.45, 2.75) is 37.1 Å². The van der Waals surface area contributed by atoms with Gasteiger partial charge in [0.2, 0.25) is 0 Å². The first-order valence-electron chi connectivity index (χ1n) is 5.71. The Balaban J connectivity index is 2.55. The maximum Gasteiger partial charge on any atom is 0.158 e. The van der Waals surface area contributed by atoms with Crippen molar-refractivity contribution < 1.29 is 14.9 Å². The van der Waals surface area contributed by atoms with E-state index in [1.807, 2.05) is 6.92 Å². The van der Waals surface area contributed by atoms with E-state index in [2.05, 4.69) is 10.3 Å². The second kappa shape index (κ2) is 7.17. The minimum Gasteiger partial charge on any atom is -0.390 e. The lowest BCUT2D eigenvalue weighted by molar-refractivity contribution is -0.140. The molecular weight excluding hydrogens is 242 g/mol. The molecule has 0 aromatic heterocycles. The van der Waals surface area contributed by atoms with E-state index in [1.54, 1.807) is 7.05 Å². The number of rotatable bonds is 3. The molecule has 0 spiro atoms. The third-order valence-corrected chi connectivity index (χ3v) is 3.66. The van der Waals surface area contributed by atoms with Gasteiger partial charge in [0, 0.05) is 26.6 Å². The quantitative estimate of drug-likeness (QED) is 0.389. The number of hydrogen-bond acceptors (Lipinski definition) is 6. The van der Waals surface area contributed by atoms with E-state index < -0.39 is 18.3 Å². The van der Waals surface area contributed by atoms with Crippen molar-refractivity contribution in [2.24, 2.45) is 10.7 Å². The molecule has 0 saturated carbocycles. The molecule has 0 radical (unpaired) electrons. The predicted octanol–water partition coefficient (Wildman–Crippen LogP) is -0.890. The molecule has 1 aliphatic rings. The summed E-state index contributed by atoms with van der Waals surface area (Å²) in [6.45, 7) is 2.95. The van der Waals surface area contributed by atoms with Crippen LogP contribution in [0.2, 0.25) is 0 Å². The van der Waals surface area contributed by atoms with Gasteiger partial charge in [-0.05, 0) is 6.92 Å². The lowest BCUT2D eigenvalue weighted by Gasteiger charge is -2.36. The molecule has 1 heterocycles. The summed E-state index contributed by atoms with van der Waals surface area (Å²) in [6.07, 6.45) is -1.85. The monoisotopic (exact) mass is 263 g/mol. The highest BCUT2D eigenvalue weighted by atomic mass is 32.2. The van der Waals surface area contributed by atoms with Gasteiger partial charge in [0.05, 0.1) is 12.2 Å². The Bertz CT molecular complexity index is 265. The van der Waals surface area contributed by atoms with Gasteiger partial charge in [-0.1, -0.05) is 11.8 Å². The van der Waals surface area contributed by atoms with Crippen LogP contribution in [0.1, 0.15) is 13.3 Å². The van der Waals surface area contributed by atoms with Crippen molar-refractivity contribution in [3.8, 4) is 0 Å². The SMILES string of the molecule is CCNC(=NC)SC1CC(O)C(O)C(CN)O1. The topological polar surface area (TPSA) is 100 Å². The van der Waals surface area contributed by atoms with Crippen molar-refractivity contribution >= 4 is 16.9 Å². The normalized spacial score (nSPS) is 34.8. The molecule has 1 fully saturated rings. The van der Waals surface area contributed by atoms with Crippen LogP contribution in [0.4, 0.5) is 0 Å². The number of nitrogens with zero attached hydrogens (tertiary/aromatic N) is 1. The van der Waals surface area contributed by atoms with Crippen LogP contribution in [0.15, 0.2) is 4.99 Å². The predicted molar refractivity (Wildman–Crippen MR) is 69.0 cm³/mol. The third kappa shape index (κ3) is 4.11. The number of amidine groups is 1. The van der Waals surface area contributed by atoms with E-state index in [0.29, 0.717) is 6.42 Å². The van der Waals surface area contributed by atoms with Gasteiger partial charge >= 0.3 is 0 Å². The second-order valence-electron chi connectivity index (χ2n) is 3.81. The van der Waals surface area contributed by atoms with Crippen LogP contribution in [-0.2, 0) is 4.74 Å². The van der Waals surface area contributed by atoms with E-state index in [1.165, 1.54) is 11.8 Å². The molecular formula is C10H21N3O3S. The minimum absolute atomic E-state index is 0.190. The molecule has 0 aromatic carbocycles. The first-order chi connectivity index (χ1) is 8.12. The number of nitrogens with two attached hydrogens (primary N) is 1. The summed E-state index contributed by atoms with van der Waals surface area (Å²) in [5, 5.41) is 23.2. The summed E-state index contributed by atoms with van der Waals surface area (Å²) in [7, 11) is 1.69. The van der Waals surface area contributed by atoms with Crippen LogP contribution in [-0.4, -0.2) is 59.3 Å². The highest BCUT2D eigenvalue weighted by Gasteiger charge is 2.36. The van der Waals surface area contributed by atoms with Crippen LogP contribution in [0.3, 0.4) is 0 Å². The van der Waals surface area contributed by atoms with Crippen LogP contribution < -0.4 is 11.1 Å². The maximum atomic E-state index is 9.71. The summed E-state index contributed by atoms with van der Waals surface area (Å²) in [5.74, 6) is 0. The summed E-state index contributed by atoms with van der Waals surface area (Å²) in [5.41, 5.74) is 5.25. The molecule has 1 rings (SSSR count). The number of hydrogen-bond donors (Lipinski definition) is 4. The molecule has 0 amide bonds. The van der Waals surface area contributed by atoms with Gasteiger partial charge in [-0.15, -0.1) is 0 Å². The van der Waals surface area contributed by atoms with Gasteiger partial charge in [-0.3, -0.25) is 4.99 Å². The number of ether oxygens (including phenoxy) is 1. The fourth-order valence-corrected chi connectivity index (χ4v) is 2.71. The number of aliphatic hydroxyl groups excluding tert-OH is 2. The van der Waals surface area contributed by atoms with Gasteiger partial charge in [0.25, 0.3) is 0 Å². The Kier molecular flexibility index (Phi) is 6.21. The highest BCUT2D eigenvalue weighted by molar-refractivity contribution is 8.14. The van der Waals surface area contributed by atoms with Gasteiger partial charge < -0.3 is 26.0 Å². The molecule has 7 heteroatoms. The zero-order valence-corrected chi connectivity index (χ0v) is 11.0. The fraction of sp³-hybridized carbons (Fsp3) is 0.900. The molecule has 1 aliphatic heterocycles. The van der Waals surface area contributed by atoms with Crippen LogP contribution in [0.25, 0.3) is 0 Å². The number of nitrogens with one attached hydrogen (secondary N) is 1. The van der Waals surface area contributed by atoms with Crippen molar-refractivity contribution in [3.05, 3.63) is 0 Å². The molecule has 17 heavy (non-hydrogen) atoms. The zero-order chi connectivity index (χ0) is 12.8. The Morgan fingerprint density at radius 3 is 2.82 bits per heavy atom. The van der Waals surface area contributed by atoms with Crippen LogP contribution >= 0.6 is 11.8 Å². The first-order valence-corrected chi connectivity index (χ1v) is 6.59. The molecule has 0 aliphatic carbocycles. The van der Waals surface area contributed by atoms with Gasteiger partial charge in [0.15, 0.2) is 5.17 Å². The van der Waals surface area contributed by atoms with Crippen LogP contribution in [0, 0.1) is 0 Å². The Labute approximate surface area is 106 Å². The number of aliphatic imine (C=N–C) groups is 1. The maximum absolute atomic E-state index is 9.71.